The first-order chi connectivity index (χ1) is 7.77. The van der Waals surface area contributed by atoms with Gasteiger partial charge in [0.2, 0.25) is 0 Å². The summed E-state index contributed by atoms with van der Waals surface area (Å²) in [5.41, 5.74) is 7.58. The van der Waals surface area contributed by atoms with Gasteiger partial charge in [-0.25, -0.2) is 0 Å². The average Bonchev–Trinajstić information content (AvgIpc) is 2.30. The molecule has 0 fully saturated rings. The average molecular weight is 219 g/mol. The van der Waals surface area contributed by atoms with Crippen molar-refractivity contribution < 1.29 is 4.79 Å². The molecule has 0 heterocycles. The van der Waals surface area contributed by atoms with Crippen LogP contribution in [0.15, 0.2) is 24.3 Å². The van der Waals surface area contributed by atoms with Crippen molar-refractivity contribution >= 4 is 5.78 Å². The van der Waals surface area contributed by atoms with Crippen LogP contribution in [-0.4, -0.2) is 12.3 Å². The second-order valence-corrected chi connectivity index (χ2v) is 4.12. The van der Waals surface area contributed by atoms with Crippen molar-refractivity contribution in [3.05, 3.63) is 35.4 Å². The smallest absolute Gasteiger partial charge is 0.162 e. The molecule has 1 aromatic carbocycles. The molecule has 0 aliphatic rings. The first kappa shape index (κ1) is 12.9. The van der Waals surface area contributed by atoms with E-state index in [1.54, 1.807) is 0 Å². The van der Waals surface area contributed by atoms with Crippen LogP contribution >= 0.6 is 0 Å². The Morgan fingerprint density at radius 1 is 1.19 bits per heavy atom. The van der Waals surface area contributed by atoms with Gasteiger partial charge in [0.1, 0.15) is 0 Å². The number of unbranched alkanes of at least 4 members (excludes halogenated alkanes) is 1. The predicted octanol–water partition coefficient (Wildman–Crippen LogP) is 2.95. The lowest BCUT2D eigenvalue weighted by atomic mass is 10.0. The maximum atomic E-state index is 11.6. The first-order valence-electron chi connectivity index (χ1n) is 6.10. The number of aryl methyl sites for hydroxylation is 1. The van der Waals surface area contributed by atoms with E-state index in [1.165, 1.54) is 5.56 Å². The zero-order valence-electron chi connectivity index (χ0n) is 10.0. The summed E-state index contributed by atoms with van der Waals surface area (Å²) in [5, 5.41) is 0. The minimum atomic E-state index is 0.246. The van der Waals surface area contributed by atoms with Gasteiger partial charge in [0.25, 0.3) is 0 Å². The maximum Gasteiger partial charge on any atom is 0.162 e. The van der Waals surface area contributed by atoms with Gasteiger partial charge < -0.3 is 5.73 Å². The lowest BCUT2D eigenvalue weighted by Gasteiger charge is -2.03. The molecular weight excluding hydrogens is 198 g/mol. The molecule has 1 rings (SSSR count). The highest BCUT2D eigenvalue weighted by atomic mass is 16.1. The third kappa shape index (κ3) is 4.15. The molecule has 2 nitrogen and oxygen atoms in total. The summed E-state index contributed by atoms with van der Waals surface area (Å²) in [5.74, 6) is 0.246. The Bertz CT molecular complexity index is 316. The minimum Gasteiger partial charge on any atom is -0.330 e. The quantitative estimate of drug-likeness (QED) is 0.566. The summed E-state index contributed by atoms with van der Waals surface area (Å²) in [7, 11) is 0. The Hall–Kier alpha value is -1.15. The van der Waals surface area contributed by atoms with Crippen LogP contribution in [-0.2, 0) is 6.42 Å². The molecule has 2 heteroatoms. The second kappa shape index (κ2) is 7.18. The second-order valence-electron chi connectivity index (χ2n) is 4.12. The van der Waals surface area contributed by atoms with E-state index in [0.29, 0.717) is 6.42 Å². The molecule has 0 aliphatic heterocycles. The molecule has 0 bridgehead atoms. The number of ketones is 1. The Balaban J connectivity index is 2.50. The fourth-order valence-corrected chi connectivity index (χ4v) is 1.70. The number of rotatable bonds is 7. The number of Topliss-reactive ketones (excluding diaryl/α,β-unsaturated/α-hetero) is 1. The molecule has 0 amide bonds. The first-order valence-corrected chi connectivity index (χ1v) is 6.10. The summed E-state index contributed by atoms with van der Waals surface area (Å²) >= 11 is 0. The van der Waals surface area contributed by atoms with Crippen molar-refractivity contribution in [1.29, 1.82) is 0 Å². The number of benzene rings is 1. The highest BCUT2D eigenvalue weighted by Gasteiger charge is 2.03. The largest absolute Gasteiger partial charge is 0.330 e. The molecule has 0 radical (unpaired) electrons. The van der Waals surface area contributed by atoms with Gasteiger partial charge >= 0.3 is 0 Å². The van der Waals surface area contributed by atoms with E-state index in [4.69, 9.17) is 5.73 Å². The van der Waals surface area contributed by atoms with Gasteiger partial charge in [0.15, 0.2) is 5.78 Å². The maximum absolute atomic E-state index is 11.6. The molecule has 16 heavy (non-hydrogen) atoms. The van der Waals surface area contributed by atoms with E-state index in [0.717, 1.165) is 37.8 Å². The molecule has 0 spiro atoms. The van der Waals surface area contributed by atoms with Crippen LogP contribution in [0.2, 0.25) is 0 Å². The molecule has 0 saturated carbocycles. The van der Waals surface area contributed by atoms with Crippen LogP contribution in [0.25, 0.3) is 0 Å². The van der Waals surface area contributed by atoms with Crippen LogP contribution in [0.3, 0.4) is 0 Å². The van der Waals surface area contributed by atoms with Gasteiger partial charge in [-0.1, -0.05) is 31.2 Å². The van der Waals surface area contributed by atoms with Gasteiger partial charge in [0, 0.05) is 12.0 Å². The number of carbonyl (C=O) groups excluding carboxylic acids is 1. The van der Waals surface area contributed by atoms with Crippen molar-refractivity contribution in [2.75, 3.05) is 6.54 Å². The molecule has 1 aromatic rings. The highest BCUT2D eigenvalue weighted by molar-refractivity contribution is 5.95. The Labute approximate surface area is 97.9 Å². The van der Waals surface area contributed by atoms with Crippen LogP contribution in [0, 0.1) is 0 Å². The van der Waals surface area contributed by atoms with Gasteiger partial charge in [0.05, 0.1) is 0 Å². The fourth-order valence-electron chi connectivity index (χ4n) is 1.70. The summed E-state index contributed by atoms with van der Waals surface area (Å²) in [6, 6.07) is 7.99. The van der Waals surface area contributed by atoms with E-state index in [1.807, 2.05) is 19.1 Å². The summed E-state index contributed by atoms with van der Waals surface area (Å²) in [6.07, 6.45) is 4.80. The SMILES string of the molecule is CCCC(=O)c1ccc(CCCCN)cc1. The van der Waals surface area contributed by atoms with Crippen molar-refractivity contribution in [1.82, 2.24) is 0 Å². The van der Waals surface area contributed by atoms with E-state index in [2.05, 4.69) is 12.1 Å². The molecular formula is C14H21NO. The predicted molar refractivity (Wildman–Crippen MR) is 67.7 cm³/mol. The monoisotopic (exact) mass is 219 g/mol. The lowest BCUT2D eigenvalue weighted by Crippen LogP contribution is -2.00. The molecule has 0 saturated heterocycles. The molecule has 0 unspecified atom stereocenters. The molecule has 0 aliphatic carbocycles. The number of carbonyl (C=O) groups is 1. The van der Waals surface area contributed by atoms with Crippen molar-refractivity contribution in [2.45, 2.75) is 39.0 Å². The van der Waals surface area contributed by atoms with Crippen molar-refractivity contribution in [2.24, 2.45) is 5.73 Å². The van der Waals surface area contributed by atoms with Crippen LogP contribution < -0.4 is 5.73 Å². The van der Waals surface area contributed by atoms with E-state index in [-0.39, 0.29) is 5.78 Å². The third-order valence-electron chi connectivity index (χ3n) is 2.67. The van der Waals surface area contributed by atoms with Crippen LogP contribution in [0.5, 0.6) is 0 Å². The zero-order valence-corrected chi connectivity index (χ0v) is 10.0. The van der Waals surface area contributed by atoms with Crippen LogP contribution in [0.4, 0.5) is 0 Å². The zero-order chi connectivity index (χ0) is 11.8. The summed E-state index contributed by atoms with van der Waals surface area (Å²) < 4.78 is 0. The van der Waals surface area contributed by atoms with Gasteiger partial charge in [-0.3, -0.25) is 4.79 Å². The summed E-state index contributed by atoms with van der Waals surface area (Å²) in [6.45, 7) is 2.78. The van der Waals surface area contributed by atoms with Crippen molar-refractivity contribution in [3.63, 3.8) is 0 Å². The topological polar surface area (TPSA) is 43.1 Å². The van der Waals surface area contributed by atoms with Crippen molar-refractivity contribution in [3.8, 4) is 0 Å². The summed E-state index contributed by atoms with van der Waals surface area (Å²) in [4.78, 5) is 11.6. The molecule has 88 valence electrons. The Morgan fingerprint density at radius 3 is 2.44 bits per heavy atom. The number of hydrogen-bond donors (Lipinski definition) is 1. The molecule has 0 aromatic heterocycles. The standard InChI is InChI=1S/C14H21NO/c1-2-5-14(16)13-9-7-12(8-10-13)6-3-4-11-15/h7-10H,2-6,11,15H2,1H3. The van der Waals surface area contributed by atoms with Gasteiger partial charge in [-0.15, -0.1) is 0 Å². The molecule has 2 N–H and O–H groups in total. The van der Waals surface area contributed by atoms with E-state index in [9.17, 15) is 4.79 Å². The highest BCUT2D eigenvalue weighted by Crippen LogP contribution is 2.10. The third-order valence-corrected chi connectivity index (χ3v) is 2.67. The van der Waals surface area contributed by atoms with E-state index >= 15 is 0 Å². The number of hydrogen-bond acceptors (Lipinski definition) is 2. The normalized spacial score (nSPS) is 10.4. The Kier molecular flexibility index (Phi) is 5.79. The number of nitrogens with two attached hydrogens (primary N) is 1. The molecule has 0 atom stereocenters. The lowest BCUT2D eigenvalue weighted by molar-refractivity contribution is 0.0982. The minimum absolute atomic E-state index is 0.246. The fraction of sp³-hybridized carbons (Fsp3) is 0.500. The van der Waals surface area contributed by atoms with Crippen LogP contribution in [0.1, 0.15) is 48.5 Å². The van der Waals surface area contributed by atoms with Gasteiger partial charge in [-0.2, -0.15) is 0 Å². The van der Waals surface area contributed by atoms with E-state index < -0.39 is 0 Å². The Morgan fingerprint density at radius 2 is 1.88 bits per heavy atom. The van der Waals surface area contributed by atoms with Gasteiger partial charge in [-0.05, 0) is 37.8 Å².